The van der Waals surface area contributed by atoms with Gasteiger partial charge < -0.3 is 4.74 Å². The average Bonchev–Trinajstić information content (AvgIpc) is 2.84. The van der Waals surface area contributed by atoms with E-state index in [-0.39, 0.29) is 0 Å². The van der Waals surface area contributed by atoms with Crippen LogP contribution < -0.4 is 0 Å². The van der Waals surface area contributed by atoms with Gasteiger partial charge in [0.05, 0.1) is 6.61 Å². The normalized spacial score (nSPS) is 10.7. The molecule has 0 saturated heterocycles. The molecule has 2 aromatic heterocycles. The van der Waals surface area contributed by atoms with Crippen molar-refractivity contribution in [3.8, 4) is 5.82 Å². The van der Waals surface area contributed by atoms with Gasteiger partial charge in [-0.05, 0) is 26.8 Å². The van der Waals surface area contributed by atoms with Gasteiger partial charge in [0.15, 0.2) is 11.5 Å². The second-order valence-corrected chi connectivity index (χ2v) is 4.07. The molecule has 0 fully saturated rings. The first-order valence-electron chi connectivity index (χ1n) is 5.77. The van der Waals surface area contributed by atoms with Crippen molar-refractivity contribution >= 4 is 5.97 Å². The van der Waals surface area contributed by atoms with Crippen LogP contribution in [0.4, 0.5) is 0 Å². The van der Waals surface area contributed by atoms with Gasteiger partial charge in [0.2, 0.25) is 0 Å². The standard InChI is InChI=1S/C12H16N4O2/c1-5-18-12(17)10-6-9(3)16(13-10)11-7-8(2)15(4)14-11/h6-7H,5H2,1-4H3. The Morgan fingerprint density at radius 1 is 1.28 bits per heavy atom. The lowest BCUT2D eigenvalue weighted by Gasteiger charge is -1.98. The maximum atomic E-state index is 11.6. The van der Waals surface area contributed by atoms with Crippen LogP contribution in [-0.2, 0) is 11.8 Å². The lowest BCUT2D eigenvalue weighted by molar-refractivity contribution is 0.0519. The van der Waals surface area contributed by atoms with Gasteiger partial charge in [0.25, 0.3) is 0 Å². The molecule has 0 amide bonds. The van der Waals surface area contributed by atoms with Crippen molar-refractivity contribution in [2.75, 3.05) is 6.61 Å². The first kappa shape index (κ1) is 12.3. The predicted molar refractivity (Wildman–Crippen MR) is 65.8 cm³/mol. The molecule has 0 aromatic carbocycles. The van der Waals surface area contributed by atoms with Crippen LogP contribution >= 0.6 is 0 Å². The molecule has 96 valence electrons. The molecule has 2 heterocycles. The predicted octanol–water partition coefficient (Wildman–Crippen LogP) is 1.40. The fraction of sp³-hybridized carbons (Fsp3) is 0.417. The van der Waals surface area contributed by atoms with Crippen molar-refractivity contribution in [3.05, 3.63) is 29.2 Å². The van der Waals surface area contributed by atoms with Gasteiger partial charge in [-0.3, -0.25) is 4.68 Å². The van der Waals surface area contributed by atoms with Crippen LogP contribution in [0.5, 0.6) is 0 Å². The summed E-state index contributed by atoms with van der Waals surface area (Å²) >= 11 is 0. The largest absolute Gasteiger partial charge is 0.461 e. The summed E-state index contributed by atoms with van der Waals surface area (Å²) in [5, 5.41) is 8.54. The van der Waals surface area contributed by atoms with Crippen molar-refractivity contribution in [2.24, 2.45) is 7.05 Å². The minimum Gasteiger partial charge on any atom is -0.461 e. The van der Waals surface area contributed by atoms with Crippen LogP contribution in [0.1, 0.15) is 28.8 Å². The summed E-state index contributed by atoms with van der Waals surface area (Å²) in [4.78, 5) is 11.6. The fourth-order valence-corrected chi connectivity index (χ4v) is 1.66. The first-order chi connectivity index (χ1) is 8.52. The topological polar surface area (TPSA) is 61.9 Å². The molecule has 0 radical (unpaired) electrons. The molecule has 0 spiro atoms. The quantitative estimate of drug-likeness (QED) is 0.770. The summed E-state index contributed by atoms with van der Waals surface area (Å²) < 4.78 is 8.32. The zero-order valence-corrected chi connectivity index (χ0v) is 11.0. The van der Waals surface area contributed by atoms with Crippen LogP contribution in [0, 0.1) is 13.8 Å². The summed E-state index contributed by atoms with van der Waals surface area (Å²) in [5.74, 6) is 0.287. The third-order valence-electron chi connectivity index (χ3n) is 2.69. The van der Waals surface area contributed by atoms with Crippen LogP contribution in [0.2, 0.25) is 0 Å². The number of ether oxygens (including phenoxy) is 1. The Labute approximate surface area is 105 Å². The maximum absolute atomic E-state index is 11.6. The van der Waals surface area contributed by atoms with Gasteiger partial charge in [-0.15, -0.1) is 0 Å². The molecular formula is C12H16N4O2. The Morgan fingerprint density at radius 3 is 2.56 bits per heavy atom. The maximum Gasteiger partial charge on any atom is 0.358 e. The van der Waals surface area contributed by atoms with E-state index in [1.807, 2.05) is 27.0 Å². The summed E-state index contributed by atoms with van der Waals surface area (Å²) in [5.41, 5.74) is 2.17. The summed E-state index contributed by atoms with van der Waals surface area (Å²) in [6, 6.07) is 3.61. The Bertz CT molecular complexity index is 563. The Morgan fingerprint density at radius 2 is 2.00 bits per heavy atom. The number of aromatic nitrogens is 4. The molecule has 6 heteroatoms. The van der Waals surface area contributed by atoms with Gasteiger partial charge in [-0.25, -0.2) is 9.48 Å². The molecule has 0 aliphatic rings. The minimum absolute atomic E-state index is 0.303. The number of rotatable bonds is 3. The van der Waals surface area contributed by atoms with Gasteiger partial charge in [0, 0.05) is 24.5 Å². The summed E-state index contributed by atoms with van der Waals surface area (Å²) in [6.07, 6.45) is 0. The number of aryl methyl sites for hydroxylation is 3. The summed E-state index contributed by atoms with van der Waals surface area (Å²) in [7, 11) is 1.87. The number of esters is 1. The highest BCUT2D eigenvalue weighted by atomic mass is 16.5. The second-order valence-electron chi connectivity index (χ2n) is 4.07. The van der Waals surface area contributed by atoms with Gasteiger partial charge in [-0.2, -0.15) is 10.2 Å². The van der Waals surface area contributed by atoms with Gasteiger partial charge >= 0.3 is 5.97 Å². The molecule has 0 aliphatic carbocycles. The van der Waals surface area contributed by atoms with Crippen LogP contribution in [0.15, 0.2) is 12.1 Å². The molecule has 2 aromatic rings. The third kappa shape index (κ3) is 2.13. The van der Waals surface area contributed by atoms with Gasteiger partial charge in [0.1, 0.15) is 0 Å². The Kier molecular flexibility index (Phi) is 3.18. The number of hydrogen-bond acceptors (Lipinski definition) is 4. The number of nitrogens with zero attached hydrogens (tertiary/aromatic N) is 4. The molecule has 0 saturated carbocycles. The molecular weight excluding hydrogens is 232 g/mol. The second kappa shape index (κ2) is 4.64. The van der Waals surface area contributed by atoms with E-state index in [9.17, 15) is 4.79 Å². The van der Waals surface area contributed by atoms with Crippen LogP contribution in [-0.4, -0.2) is 32.1 Å². The monoisotopic (exact) mass is 248 g/mol. The van der Waals surface area contributed by atoms with E-state index in [4.69, 9.17) is 4.74 Å². The zero-order valence-electron chi connectivity index (χ0n) is 11.0. The minimum atomic E-state index is -0.410. The van der Waals surface area contributed by atoms with E-state index in [1.54, 1.807) is 22.4 Å². The van der Waals surface area contributed by atoms with E-state index < -0.39 is 5.97 Å². The van der Waals surface area contributed by atoms with Crippen LogP contribution in [0.3, 0.4) is 0 Å². The molecule has 0 N–H and O–H groups in total. The van der Waals surface area contributed by atoms with Crippen molar-refractivity contribution < 1.29 is 9.53 Å². The average molecular weight is 248 g/mol. The summed E-state index contributed by atoms with van der Waals surface area (Å²) in [6.45, 7) is 5.94. The van der Waals surface area contributed by atoms with Crippen molar-refractivity contribution in [2.45, 2.75) is 20.8 Å². The first-order valence-corrected chi connectivity index (χ1v) is 5.77. The number of carbonyl (C=O) groups is 1. The van der Waals surface area contributed by atoms with Crippen molar-refractivity contribution in [3.63, 3.8) is 0 Å². The highest BCUT2D eigenvalue weighted by Crippen LogP contribution is 2.12. The smallest absolute Gasteiger partial charge is 0.358 e. The Hall–Kier alpha value is -2.11. The SMILES string of the molecule is CCOC(=O)c1cc(C)n(-c2cc(C)n(C)n2)n1. The fourth-order valence-electron chi connectivity index (χ4n) is 1.66. The highest BCUT2D eigenvalue weighted by molar-refractivity contribution is 5.87. The van der Waals surface area contributed by atoms with Crippen molar-refractivity contribution in [1.29, 1.82) is 0 Å². The lowest BCUT2D eigenvalue weighted by Crippen LogP contribution is -2.07. The lowest BCUT2D eigenvalue weighted by atomic mass is 10.4. The molecule has 6 nitrogen and oxygen atoms in total. The van der Waals surface area contributed by atoms with Crippen molar-refractivity contribution in [1.82, 2.24) is 19.6 Å². The van der Waals surface area contributed by atoms with Crippen LogP contribution in [0.25, 0.3) is 5.82 Å². The molecule has 0 aliphatic heterocycles. The molecule has 0 atom stereocenters. The zero-order chi connectivity index (χ0) is 13.3. The Balaban J connectivity index is 2.37. The molecule has 0 bridgehead atoms. The number of hydrogen-bond donors (Lipinski definition) is 0. The van der Waals surface area contributed by atoms with E-state index in [0.29, 0.717) is 18.1 Å². The third-order valence-corrected chi connectivity index (χ3v) is 2.69. The van der Waals surface area contributed by atoms with E-state index >= 15 is 0 Å². The van der Waals surface area contributed by atoms with E-state index in [1.165, 1.54) is 0 Å². The van der Waals surface area contributed by atoms with E-state index in [2.05, 4.69) is 10.2 Å². The molecule has 18 heavy (non-hydrogen) atoms. The molecule has 2 rings (SSSR count). The van der Waals surface area contributed by atoms with E-state index in [0.717, 1.165) is 11.4 Å². The highest BCUT2D eigenvalue weighted by Gasteiger charge is 2.15. The number of carbonyl (C=O) groups excluding carboxylic acids is 1. The molecule has 0 unspecified atom stereocenters. The van der Waals surface area contributed by atoms with Gasteiger partial charge in [-0.1, -0.05) is 0 Å².